The molecule has 7 heteroatoms. The topological polar surface area (TPSA) is 61.0 Å². The molecule has 4 heterocycles. The SMILES string of the molecule is Cn1cc(CN2Cc3nccn3C[C@@H](COCc3cccnc3)C2)cn1. The zero-order chi connectivity index (χ0) is 17.8. The quantitative estimate of drug-likeness (QED) is 0.678. The normalized spacial score (nSPS) is 17.8. The van der Waals surface area contributed by atoms with Crippen molar-refractivity contribution in [3.05, 3.63) is 66.3 Å². The van der Waals surface area contributed by atoms with Crippen molar-refractivity contribution in [2.45, 2.75) is 26.2 Å². The summed E-state index contributed by atoms with van der Waals surface area (Å²) in [5.74, 6) is 1.53. The van der Waals surface area contributed by atoms with Gasteiger partial charge in [0.25, 0.3) is 0 Å². The standard InChI is InChI=1S/C19H24N6O/c1-23-9-17(8-22-23)10-24-11-18(12-25-6-5-21-19(25)13-24)15-26-14-16-3-2-4-20-7-16/h2-9,18H,10-15H2,1H3/t18-/m0/s1. The maximum Gasteiger partial charge on any atom is 0.122 e. The summed E-state index contributed by atoms with van der Waals surface area (Å²) in [6, 6.07) is 3.99. The van der Waals surface area contributed by atoms with Crippen LogP contribution in [0.3, 0.4) is 0 Å². The minimum absolute atomic E-state index is 0.416. The van der Waals surface area contributed by atoms with Crippen molar-refractivity contribution in [3.63, 3.8) is 0 Å². The zero-order valence-electron chi connectivity index (χ0n) is 15.0. The molecule has 136 valence electrons. The van der Waals surface area contributed by atoms with Gasteiger partial charge in [0.15, 0.2) is 0 Å². The molecule has 0 bridgehead atoms. The molecule has 3 aromatic heterocycles. The molecule has 0 aromatic carbocycles. The summed E-state index contributed by atoms with van der Waals surface area (Å²) in [6.07, 6.45) is 11.6. The third-order valence-electron chi connectivity index (χ3n) is 4.65. The van der Waals surface area contributed by atoms with Crippen LogP contribution in [0, 0.1) is 5.92 Å². The molecular weight excluding hydrogens is 328 g/mol. The van der Waals surface area contributed by atoms with Crippen molar-refractivity contribution in [2.24, 2.45) is 13.0 Å². The van der Waals surface area contributed by atoms with E-state index >= 15 is 0 Å². The second kappa shape index (κ2) is 7.80. The molecule has 1 aliphatic heterocycles. The minimum atomic E-state index is 0.416. The van der Waals surface area contributed by atoms with Gasteiger partial charge in [-0.1, -0.05) is 6.07 Å². The Balaban J connectivity index is 1.40. The van der Waals surface area contributed by atoms with Gasteiger partial charge in [-0.3, -0.25) is 14.6 Å². The minimum Gasteiger partial charge on any atom is -0.376 e. The van der Waals surface area contributed by atoms with E-state index in [9.17, 15) is 0 Å². The maximum atomic E-state index is 5.99. The number of pyridine rings is 1. The number of hydrogen-bond acceptors (Lipinski definition) is 5. The van der Waals surface area contributed by atoms with Crippen LogP contribution < -0.4 is 0 Å². The monoisotopic (exact) mass is 352 g/mol. The van der Waals surface area contributed by atoms with Crippen LogP contribution in [0.15, 0.2) is 49.3 Å². The van der Waals surface area contributed by atoms with E-state index in [1.54, 1.807) is 6.20 Å². The summed E-state index contributed by atoms with van der Waals surface area (Å²) in [5.41, 5.74) is 2.33. The van der Waals surface area contributed by atoms with Gasteiger partial charge in [-0.2, -0.15) is 5.10 Å². The van der Waals surface area contributed by atoms with Gasteiger partial charge in [0, 0.05) is 69.1 Å². The largest absolute Gasteiger partial charge is 0.376 e. The number of rotatable bonds is 6. The van der Waals surface area contributed by atoms with Crippen LogP contribution in [0.4, 0.5) is 0 Å². The molecule has 0 aliphatic carbocycles. The van der Waals surface area contributed by atoms with Crippen molar-refractivity contribution in [1.82, 2.24) is 29.2 Å². The molecule has 4 rings (SSSR count). The lowest BCUT2D eigenvalue weighted by atomic mass is 10.1. The number of ether oxygens (including phenoxy) is 1. The van der Waals surface area contributed by atoms with E-state index in [0.29, 0.717) is 12.5 Å². The lowest BCUT2D eigenvalue weighted by Gasteiger charge is -2.23. The number of aryl methyl sites for hydroxylation is 1. The van der Waals surface area contributed by atoms with Gasteiger partial charge < -0.3 is 9.30 Å². The Labute approximate surface area is 153 Å². The van der Waals surface area contributed by atoms with Crippen LogP contribution >= 0.6 is 0 Å². The van der Waals surface area contributed by atoms with Crippen molar-refractivity contribution in [2.75, 3.05) is 13.2 Å². The molecule has 7 nitrogen and oxygen atoms in total. The van der Waals surface area contributed by atoms with E-state index < -0.39 is 0 Å². The average molecular weight is 352 g/mol. The Hall–Kier alpha value is -2.51. The molecule has 3 aromatic rings. The summed E-state index contributed by atoms with van der Waals surface area (Å²) < 4.78 is 10.1. The molecule has 0 radical (unpaired) electrons. The first kappa shape index (κ1) is 16.9. The van der Waals surface area contributed by atoms with E-state index in [1.165, 1.54) is 5.56 Å². The first-order chi connectivity index (χ1) is 12.8. The van der Waals surface area contributed by atoms with Crippen molar-refractivity contribution >= 4 is 0 Å². The maximum absolute atomic E-state index is 5.99. The molecule has 0 saturated carbocycles. The van der Waals surface area contributed by atoms with Gasteiger partial charge in [-0.15, -0.1) is 0 Å². The van der Waals surface area contributed by atoms with Crippen molar-refractivity contribution < 1.29 is 4.74 Å². The third-order valence-corrected chi connectivity index (χ3v) is 4.65. The van der Waals surface area contributed by atoms with E-state index in [0.717, 1.165) is 44.2 Å². The first-order valence-electron chi connectivity index (χ1n) is 8.93. The van der Waals surface area contributed by atoms with Crippen LogP contribution in [0.25, 0.3) is 0 Å². The predicted octanol–water partition coefficient (Wildman–Crippen LogP) is 1.86. The summed E-state index contributed by atoms with van der Waals surface area (Å²) in [7, 11) is 1.95. The predicted molar refractivity (Wildman–Crippen MR) is 96.9 cm³/mol. The van der Waals surface area contributed by atoms with E-state index in [4.69, 9.17) is 4.74 Å². The van der Waals surface area contributed by atoms with Gasteiger partial charge in [-0.05, 0) is 11.6 Å². The van der Waals surface area contributed by atoms with Gasteiger partial charge in [0.1, 0.15) is 5.82 Å². The fourth-order valence-corrected chi connectivity index (χ4v) is 3.49. The van der Waals surface area contributed by atoms with Crippen LogP contribution in [-0.2, 0) is 38.0 Å². The van der Waals surface area contributed by atoms with Crippen molar-refractivity contribution in [3.8, 4) is 0 Å². The molecule has 0 fully saturated rings. The summed E-state index contributed by atoms with van der Waals surface area (Å²) in [5, 5.41) is 4.28. The van der Waals surface area contributed by atoms with Crippen LogP contribution in [0.5, 0.6) is 0 Å². The second-order valence-corrected chi connectivity index (χ2v) is 6.93. The Bertz CT molecular complexity index is 827. The number of imidazole rings is 1. The summed E-state index contributed by atoms with van der Waals surface area (Å²) >= 11 is 0. The van der Waals surface area contributed by atoms with Gasteiger partial charge in [0.2, 0.25) is 0 Å². The molecule has 1 atom stereocenters. The highest BCUT2D eigenvalue weighted by molar-refractivity contribution is 5.07. The Morgan fingerprint density at radius 1 is 1.19 bits per heavy atom. The fraction of sp³-hybridized carbons (Fsp3) is 0.421. The Kier molecular flexibility index (Phi) is 5.08. The van der Waals surface area contributed by atoms with Crippen LogP contribution in [-0.4, -0.2) is 42.4 Å². The number of aromatic nitrogens is 5. The lowest BCUT2D eigenvalue weighted by molar-refractivity contribution is 0.0664. The smallest absolute Gasteiger partial charge is 0.122 e. The highest BCUT2D eigenvalue weighted by atomic mass is 16.5. The lowest BCUT2D eigenvalue weighted by Crippen LogP contribution is -2.30. The van der Waals surface area contributed by atoms with E-state index in [2.05, 4.69) is 36.9 Å². The molecule has 1 aliphatic rings. The number of nitrogens with zero attached hydrogens (tertiary/aromatic N) is 6. The van der Waals surface area contributed by atoms with E-state index in [-0.39, 0.29) is 0 Å². The van der Waals surface area contributed by atoms with Gasteiger partial charge in [0.05, 0.1) is 26.0 Å². The first-order valence-corrected chi connectivity index (χ1v) is 8.93. The highest BCUT2D eigenvalue weighted by Gasteiger charge is 2.23. The molecule has 0 amide bonds. The number of fused-ring (bicyclic) bond motifs is 1. The highest BCUT2D eigenvalue weighted by Crippen LogP contribution is 2.18. The zero-order valence-corrected chi connectivity index (χ0v) is 15.0. The molecule has 0 N–H and O–H groups in total. The van der Waals surface area contributed by atoms with E-state index in [1.807, 2.05) is 42.5 Å². The van der Waals surface area contributed by atoms with Crippen LogP contribution in [0.2, 0.25) is 0 Å². The van der Waals surface area contributed by atoms with Gasteiger partial charge in [-0.25, -0.2) is 4.98 Å². The summed E-state index contributed by atoms with van der Waals surface area (Å²) in [4.78, 5) is 11.1. The molecule has 0 spiro atoms. The third kappa shape index (κ3) is 4.17. The number of hydrogen-bond donors (Lipinski definition) is 0. The fourth-order valence-electron chi connectivity index (χ4n) is 3.49. The van der Waals surface area contributed by atoms with Gasteiger partial charge >= 0.3 is 0 Å². The Morgan fingerprint density at radius 2 is 2.15 bits per heavy atom. The second-order valence-electron chi connectivity index (χ2n) is 6.93. The average Bonchev–Trinajstić information content (AvgIpc) is 3.21. The molecule has 0 unspecified atom stereocenters. The molecule has 26 heavy (non-hydrogen) atoms. The molecular formula is C19H24N6O. The Morgan fingerprint density at radius 3 is 2.96 bits per heavy atom. The molecule has 0 saturated heterocycles. The van der Waals surface area contributed by atoms with Crippen molar-refractivity contribution in [1.29, 1.82) is 0 Å². The van der Waals surface area contributed by atoms with Crippen LogP contribution in [0.1, 0.15) is 17.0 Å². The summed E-state index contributed by atoms with van der Waals surface area (Å²) in [6.45, 7) is 4.96.